The zero-order valence-electron chi connectivity index (χ0n) is 13.1. The van der Waals surface area contributed by atoms with Crippen molar-refractivity contribution in [3.63, 3.8) is 0 Å². The Morgan fingerprint density at radius 1 is 1.00 bits per heavy atom. The second-order valence-corrected chi connectivity index (χ2v) is 5.60. The van der Waals surface area contributed by atoms with Crippen molar-refractivity contribution in [3.8, 4) is 17.2 Å². The standard InChI is InChI=1S/C17H21BrO4/c1-19-12(8-9-18)11-22-15-10-16(20-2)17(21-3)14-7-5-4-6-13(14)15/h4-7,10,12H,8-9,11H2,1-3H3. The summed E-state index contributed by atoms with van der Waals surface area (Å²) in [5.74, 6) is 2.14. The molecule has 22 heavy (non-hydrogen) atoms. The predicted octanol–water partition coefficient (Wildman–Crippen LogP) is 4.04. The average Bonchev–Trinajstić information content (AvgIpc) is 2.57. The molecule has 0 aromatic heterocycles. The zero-order valence-corrected chi connectivity index (χ0v) is 14.7. The summed E-state index contributed by atoms with van der Waals surface area (Å²) < 4.78 is 22.3. The van der Waals surface area contributed by atoms with Crippen LogP contribution in [0.5, 0.6) is 17.2 Å². The van der Waals surface area contributed by atoms with Crippen LogP contribution in [0.1, 0.15) is 6.42 Å². The first-order valence-corrected chi connectivity index (χ1v) is 8.22. The van der Waals surface area contributed by atoms with Crippen LogP contribution in [0.4, 0.5) is 0 Å². The molecule has 0 radical (unpaired) electrons. The molecule has 5 heteroatoms. The third kappa shape index (κ3) is 3.65. The van der Waals surface area contributed by atoms with E-state index in [1.54, 1.807) is 21.3 Å². The van der Waals surface area contributed by atoms with Crippen LogP contribution in [0.25, 0.3) is 10.8 Å². The van der Waals surface area contributed by atoms with Gasteiger partial charge in [0, 0.05) is 29.3 Å². The van der Waals surface area contributed by atoms with Crippen molar-refractivity contribution in [2.75, 3.05) is 33.3 Å². The maximum Gasteiger partial charge on any atom is 0.168 e. The second kappa shape index (κ2) is 8.25. The highest BCUT2D eigenvalue weighted by Gasteiger charge is 2.15. The van der Waals surface area contributed by atoms with Gasteiger partial charge in [0.25, 0.3) is 0 Å². The van der Waals surface area contributed by atoms with Gasteiger partial charge in [0.15, 0.2) is 11.5 Å². The third-order valence-electron chi connectivity index (χ3n) is 3.54. The molecule has 0 amide bonds. The minimum atomic E-state index is 0.0474. The lowest BCUT2D eigenvalue weighted by molar-refractivity contribution is 0.0570. The van der Waals surface area contributed by atoms with E-state index in [1.807, 2.05) is 30.3 Å². The molecule has 0 aliphatic heterocycles. The van der Waals surface area contributed by atoms with Crippen molar-refractivity contribution < 1.29 is 18.9 Å². The van der Waals surface area contributed by atoms with E-state index >= 15 is 0 Å². The quantitative estimate of drug-likeness (QED) is 0.659. The van der Waals surface area contributed by atoms with Gasteiger partial charge in [0.2, 0.25) is 0 Å². The van der Waals surface area contributed by atoms with E-state index in [0.29, 0.717) is 18.1 Å². The summed E-state index contributed by atoms with van der Waals surface area (Å²) in [4.78, 5) is 0. The Balaban J connectivity index is 2.36. The number of benzene rings is 2. The molecule has 0 aliphatic rings. The molecule has 0 heterocycles. The zero-order chi connectivity index (χ0) is 15.9. The highest BCUT2D eigenvalue weighted by Crippen LogP contribution is 2.41. The van der Waals surface area contributed by atoms with E-state index in [0.717, 1.165) is 28.3 Å². The van der Waals surface area contributed by atoms with Gasteiger partial charge in [-0.25, -0.2) is 0 Å². The minimum absolute atomic E-state index is 0.0474. The van der Waals surface area contributed by atoms with Crippen molar-refractivity contribution in [2.24, 2.45) is 0 Å². The maximum absolute atomic E-state index is 5.99. The van der Waals surface area contributed by atoms with Crippen LogP contribution in [0.2, 0.25) is 0 Å². The van der Waals surface area contributed by atoms with E-state index < -0.39 is 0 Å². The lowest BCUT2D eigenvalue weighted by Crippen LogP contribution is -2.20. The Bertz CT molecular complexity index is 615. The fourth-order valence-corrected chi connectivity index (χ4v) is 2.86. The lowest BCUT2D eigenvalue weighted by Gasteiger charge is -2.18. The van der Waals surface area contributed by atoms with Crippen LogP contribution in [0, 0.1) is 0 Å². The topological polar surface area (TPSA) is 36.9 Å². The molecular formula is C17H21BrO4. The van der Waals surface area contributed by atoms with Gasteiger partial charge in [-0.05, 0) is 6.42 Å². The van der Waals surface area contributed by atoms with Crippen molar-refractivity contribution in [3.05, 3.63) is 30.3 Å². The van der Waals surface area contributed by atoms with Gasteiger partial charge in [0.05, 0.1) is 20.3 Å². The maximum atomic E-state index is 5.99. The Labute approximate surface area is 139 Å². The predicted molar refractivity (Wildman–Crippen MR) is 91.8 cm³/mol. The van der Waals surface area contributed by atoms with Crippen molar-refractivity contribution >= 4 is 26.7 Å². The number of alkyl halides is 1. The van der Waals surface area contributed by atoms with Crippen LogP contribution in [0.3, 0.4) is 0 Å². The van der Waals surface area contributed by atoms with E-state index in [1.165, 1.54) is 0 Å². The molecule has 0 aliphatic carbocycles. The Morgan fingerprint density at radius 3 is 2.32 bits per heavy atom. The first-order chi connectivity index (χ1) is 10.7. The SMILES string of the molecule is COc1cc(OCC(CCBr)OC)c2ccccc2c1OC. The first kappa shape index (κ1) is 16.9. The lowest BCUT2D eigenvalue weighted by atomic mass is 10.1. The van der Waals surface area contributed by atoms with Crippen LogP contribution in [-0.4, -0.2) is 39.4 Å². The molecule has 2 aromatic carbocycles. The van der Waals surface area contributed by atoms with Crippen molar-refractivity contribution in [2.45, 2.75) is 12.5 Å². The molecule has 0 saturated carbocycles. The summed E-state index contributed by atoms with van der Waals surface area (Å²) >= 11 is 3.43. The monoisotopic (exact) mass is 368 g/mol. The summed E-state index contributed by atoms with van der Waals surface area (Å²) in [7, 11) is 4.96. The molecule has 0 bridgehead atoms. The van der Waals surface area contributed by atoms with E-state index in [9.17, 15) is 0 Å². The Kier molecular flexibility index (Phi) is 6.34. The number of hydrogen-bond donors (Lipinski definition) is 0. The molecular weight excluding hydrogens is 348 g/mol. The van der Waals surface area contributed by atoms with Gasteiger partial charge < -0.3 is 18.9 Å². The van der Waals surface area contributed by atoms with E-state index in [-0.39, 0.29) is 6.10 Å². The summed E-state index contributed by atoms with van der Waals surface area (Å²) in [5.41, 5.74) is 0. The normalized spacial score (nSPS) is 12.2. The number of fused-ring (bicyclic) bond motifs is 1. The van der Waals surface area contributed by atoms with E-state index in [4.69, 9.17) is 18.9 Å². The summed E-state index contributed by atoms with van der Waals surface area (Å²) in [5, 5.41) is 2.84. The smallest absolute Gasteiger partial charge is 0.168 e. The second-order valence-electron chi connectivity index (χ2n) is 4.80. The number of halogens is 1. The third-order valence-corrected chi connectivity index (χ3v) is 3.99. The largest absolute Gasteiger partial charge is 0.493 e. The number of rotatable bonds is 8. The number of hydrogen-bond acceptors (Lipinski definition) is 4. The summed E-state index contributed by atoms with van der Waals surface area (Å²) in [6.07, 6.45) is 0.938. The molecule has 1 unspecified atom stereocenters. The average molecular weight is 369 g/mol. The molecule has 0 fully saturated rings. The Morgan fingerprint density at radius 2 is 1.73 bits per heavy atom. The van der Waals surface area contributed by atoms with Gasteiger partial charge >= 0.3 is 0 Å². The summed E-state index contributed by atoms with van der Waals surface area (Å²) in [6.45, 7) is 0.488. The van der Waals surface area contributed by atoms with Crippen LogP contribution in [0.15, 0.2) is 30.3 Å². The summed E-state index contributed by atoms with van der Waals surface area (Å²) in [6, 6.07) is 9.82. The fourth-order valence-electron chi connectivity index (χ4n) is 2.35. The number of ether oxygens (including phenoxy) is 4. The van der Waals surface area contributed by atoms with Gasteiger partial charge in [-0.15, -0.1) is 0 Å². The van der Waals surface area contributed by atoms with Gasteiger partial charge in [-0.3, -0.25) is 0 Å². The van der Waals surface area contributed by atoms with Crippen LogP contribution >= 0.6 is 15.9 Å². The first-order valence-electron chi connectivity index (χ1n) is 7.10. The Hall–Kier alpha value is -1.46. The van der Waals surface area contributed by atoms with E-state index in [2.05, 4.69) is 15.9 Å². The molecule has 1 atom stereocenters. The minimum Gasteiger partial charge on any atom is -0.493 e. The molecule has 2 aromatic rings. The molecule has 0 saturated heterocycles. The highest BCUT2D eigenvalue weighted by molar-refractivity contribution is 9.09. The highest BCUT2D eigenvalue weighted by atomic mass is 79.9. The fraction of sp³-hybridized carbons (Fsp3) is 0.412. The molecule has 0 spiro atoms. The molecule has 120 valence electrons. The number of methoxy groups -OCH3 is 3. The van der Waals surface area contributed by atoms with Gasteiger partial charge in [-0.1, -0.05) is 40.2 Å². The van der Waals surface area contributed by atoms with Gasteiger partial charge in [0.1, 0.15) is 12.4 Å². The van der Waals surface area contributed by atoms with Crippen molar-refractivity contribution in [1.82, 2.24) is 0 Å². The molecule has 2 rings (SSSR count). The molecule has 0 N–H and O–H groups in total. The molecule has 4 nitrogen and oxygen atoms in total. The van der Waals surface area contributed by atoms with Gasteiger partial charge in [-0.2, -0.15) is 0 Å². The van der Waals surface area contributed by atoms with Crippen LogP contribution < -0.4 is 14.2 Å². The van der Waals surface area contributed by atoms with Crippen molar-refractivity contribution in [1.29, 1.82) is 0 Å². The van der Waals surface area contributed by atoms with Crippen LogP contribution in [-0.2, 0) is 4.74 Å².